The van der Waals surface area contributed by atoms with Crippen LogP contribution in [0, 0.1) is 0 Å². The van der Waals surface area contributed by atoms with Gasteiger partial charge in [-0.05, 0) is 52.4 Å². The summed E-state index contributed by atoms with van der Waals surface area (Å²) in [7, 11) is 0. The van der Waals surface area contributed by atoms with Crippen molar-refractivity contribution in [3.8, 4) is 22.6 Å². The number of benzene rings is 3. The highest BCUT2D eigenvalue weighted by atomic mass is 16.7. The van der Waals surface area contributed by atoms with E-state index in [4.69, 9.17) is 9.47 Å². The van der Waals surface area contributed by atoms with Crippen LogP contribution in [0.25, 0.3) is 11.1 Å². The molecule has 0 atom stereocenters. The second kappa shape index (κ2) is 10.2. The molecule has 5 rings (SSSR count). The van der Waals surface area contributed by atoms with Crippen LogP contribution in [0.3, 0.4) is 0 Å². The van der Waals surface area contributed by atoms with Gasteiger partial charge in [-0.25, -0.2) is 0 Å². The normalized spacial score (nSPS) is 11.9. The lowest BCUT2D eigenvalue weighted by atomic mass is 10.0. The van der Waals surface area contributed by atoms with Crippen molar-refractivity contribution in [3.05, 3.63) is 114 Å². The van der Waals surface area contributed by atoms with Crippen LogP contribution < -0.4 is 9.47 Å². The maximum absolute atomic E-state index is 13.3. The quantitative estimate of drug-likeness (QED) is 0.349. The van der Waals surface area contributed by atoms with Gasteiger partial charge in [-0.15, -0.1) is 0 Å². The first-order valence-electron chi connectivity index (χ1n) is 11.4. The summed E-state index contributed by atoms with van der Waals surface area (Å²) in [6.45, 7) is 1.32. The van der Waals surface area contributed by atoms with Gasteiger partial charge >= 0.3 is 0 Å². The first-order valence-corrected chi connectivity index (χ1v) is 11.4. The fourth-order valence-corrected chi connectivity index (χ4v) is 4.10. The zero-order chi connectivity index (χ0) is 23.2. The summed E-state index contributed by atoms with van der Waals surface area (Å²) in [5.41, 5.74) is 5.52. The molecular formula is C29H26N2O3. The monoisotopic (exact) mass is 450 g/mol. The predicted octanol–water partition coefficient (Wildman–Crippen LogP) is 5.64. The number of carbonyl (C=O) groups excluding carboxylic acids is 1. The zero-order valence-corrected chi connectivity index (χ0v) is 18.9. The molecule has 3 aromatic carbocycles. The molecule has 5 nitrogen and oxygen atoms in total. The highest BCUT2D eigenvalue weighted by molar-refractivity contribution is 5.76. The summed E-state index contributed by atoms with van der Waals surface area (Å²) in [6, 6.07) is 28.5. The molecule has 0 radical (unpaired) electrons. The minimum absolute atomic E-state index is 0.105. The Morgan fingerprint density at radius 3 is 2.29 bits per heavy atom. The Balaban J connectivity index is 1.29. The lowest BCUT2D eigenvalue weighted by Gasteiger charge is -2.23. The van der Waals surface area contributed by atoms with Gasteiger partial charge in [0.05, 0.1) is 0 Å². The van der Waals surface area contributed by atoms with Crippen LogP contribution in [-0.2, 0) is 24.3 Å². The van der Waals surface area contributed by atoms with Crippen molar-refractivity contribution in [3.63, 3.8) is 0 Å². The van der Waals surface area contributed by atoms with Crippen molar-refractivity contribution in [1.82, 2.24) is 9.88 Å². The van der Waals surface area contributed by atoms with Gasteiger partial charge in [-0.1, -0.05) is 66.7 Å². The van der Waals surface area contributed by atoms with Crippen molar-refractivity contribution in [2.45, 2.75) is 25.9 Å². The molecule has 170 valence electrons. The van der Waals surface area contributed by atoms with E-state index in [2.05, 4.69) is 41.4 Å². The molecule has 5 heteroatoms. The third-order valence-electron chi connectivity index (χ3n) is 5.95. The summed E-state index contributed by atoms with van der Waals surface area (Å²) < 4.78 is 10.9. The van der Waals surface area contributed by atoms with E-state index in [9.17, 15) is 4.79 Å². The molecule has 4 aromatic rings. The molecule has 1 aliphatic rings. The average molecular weight is 451 g/mol. The Morgan fingerprint density at radius 2 is 1.50 bits per heavy atom. The molecule has 2 heterocycles. The van der Waals surface area contributed by atoms with Crippen LogP contribution >= 0.6 is 0 Å². The van der Waals surface area contributed by atoms with E-state index in [0.29, 0.717) is 25.9 Å². The highest BCUT2D eigenvalue weighted by Gasteiger charge is 2.17. The molecule has 34 heavy (non-hydrogen) atoms. The van der Waals surface area contributed by atoms with Crippen LogP contribution in [0.5, 0.6) is 11.5 Å². The van der Waals surface area contributed by atoms with Crippen molar-refractivity contribution >= 4 is 5.91 Å². The van der Waals surface area contributed by atoms with Crippen LogP contribution in [0.2, 0.25) is 0 Å². The minimum Gasteiger partial charge on any atom is -0.454 e. The molecule has 0 bridgehead atoms. The summed E-state index contributed by atoms with van der Waals surface area (Å²) in [5, 5.41) is 0. The molecular weight excluding hydrogens is 424 g/mol. The van der Waals surface area contributed by atoms with Gasteiger partial charge in [0.2, 0.25) is 12.7 Å². The fourth-order valence-electron chi connectivity index (χ4n) is 4.10. The topological polar surface area (TPSA) is 51.7 Å². The van der Waals surface area contributed by atoms with Crippen LogP contribution in [0.4, 0.5) is 0 Å². The Morgan fingerprint density at radius 1 is 0.765 bits per heavy atom. The minimum atomic E-state index is 0.105. The number of aromatic nitrogens is 1. The Hall–Kier alpha value is -4.12. The van der Waals surface area contributed by atoms with Crippen molar-refractivity contribution in [2.75, 3.05) is 6.79 Å². The number of hydrogen-bond donors (Lipinski definition) is 0. The van der Waals surface area contributed by atoms with Gasteiger partial charge in [-0.3, -0.25) is 9.78 Å². The molecule has 0 saturated heterocycles. The molecule has 0 spiro atoms. The molecule has 0 saturated carbocycles. The third kappa shape index (κ3) is 5.26. The SMILES string of the molecule is O=C(CCc1ccc2c(c1)OCO2)N(Cc1ccc(-c2ccccc2)cc1)Cc1cccnc1. The number of rotatable bonds is 8. The standard InChI is InChI=1S/C29H26N2O3/c32-29(15-11-22-10-14-27-28(17-22)34-21-33-27)31(20-24-5-4-16-30-18-24)19-23-8-12-26(13-9-23)25-6-2-1-3-7-25/h1-10,12-14,16-18H,11,15,19-21H2. The maximum atomic E-state index is 13.3. The number of nitrogens with zero attached hydrogens (tertiary/aromatic N) is 2. The summed E-state index contributed by atoms with van der Waals surface area (Å²) in [4.78, 5) is 19.4. The Labute approximate surface area is 199 Å². The van der Waals surface area contributed by atoms with Gasteiger partial charge < -0.3 is 14.4 Å². The predicted molar refractivity (Wildman–Crippen MR) is 131 cm³/mol. The number of pyridine rings is 1. The van der Waals surface area contributed by atoms with Crippen molar-refractivity contribution in [2.24, 2.45) is 0 Å². The van der Waals surface area contributed by atoms with E-state index in [1.54, 1.807) is 6.20 Å². The molecule has 0 unspecified atom stereocenters. The summed E-state index contributed by atoms with van der Waals surface area (Å²) in [5.74, 6) is 1.61. The zero-order valence-electron chi connectivity index (χ0n) is 18.9. The van der Waals surface area contributed by atoms with E-state index < -0.39 is 0 Å². The van der Waals surface area contributed by atoms with Crippen molar-refractivity contribution < 1.29 is 14.3 Å². The lowest BCUT2D eigenvalue weighted by Crippen LogP contribution is -2.30. The van der Waals surface area contributed by atoms with Crippen LogP contribution in [-0.4, -0.2) is 22.6 Å². The van der Waals surface area contributed by atoms with Gasteiger partial charge in [0, 0.05) is 31.9 Å². The molecule has 0 fully saturated rings. The van der Waals surface area contributed by atoms with E-state index in [1.807, 2.05) is 59.6 Å². The van der Waals surface area contributed by atoms with E-state index in [-0.39, 0.29) is 12.7 Å². The second-order valence-corrected chi connectivity index (χ2v) is 8.36. The van der Waals surface area contributed by atoms with Crippen LogP contribution in [0.1, 0.15) is 23.1 Å². The Kier molecular flexibility index (Phi) is 6.52. The number of amides is 1. The number of fused-ring (bicyclic) bond motifs is 1. The number of ether oxygens (including phenoxy) is 2. The number of aryl methyl sites for hydroxylation is 1. The molecule has 1 aliphatic heterocycles. The highest BCUT2D eigenvalue weighted by Crippen LogP contribution is 2.32. The van der Waals surface area contributed by atoms with Crippen LogP contribution in [0.15, 0.2) is 97.3 Å². The molecule has 0 aliphatic carbocycles. The number of hydrogen-bond acceptors (Lipinski definition) is 4. The van der Waals surface area contributed by atoms with Gasteiger partial charge in [-0.2, -0.15) is 0 Å². The lowest BCUT2D eigenvalue weighted by molar-refractivity contribution is -0.132. The molecule has 1 aromatic heterocycles. The van der Waals surface area contributed by atoms with Gasteiger partial charge in [0.25, 0.3) is 0 Å². The van der Waals surface area contributed by atoms with E-state index in [0.717, 1.165) is 33.8 Å². The smallest absolute Gasteiger partial charge is 0.231 e. The largest absolute Gasteiger partial charge is 0.454 e. The molecule has 0 N–H and O–H groups in total. The average Bonchev–Trinajstić information content (AvgIpc) is 3.36. The van der Waals surface area contributed by atoms with Gasteiger partial charge in [0.1, 0.15) is 0 Å². The number of carbonyl (C=O) groups is 1. The maximum Gasteiger partial charge on any atom is 0.231 e. The van der Waals surface area contributed by atoms with E-state index >= 15 is 0 Å². The first kappa shape index (κ1) is 21.7. The summed E-state index contributed by atoms with van der Waals surface area (Å²) in [6.07, 6.45) is 4.63. The second-order valence-electron chi connectivity index (χ2n) is 8.36. The van der Waals surface area contributed by atoms with Gasteiger partial charge in [0.15, 0.2) is 11.5 Å². The summed E-state index contributed by atoms with van der Waals surface area (Å²) >= 11 is 0. The first-order chi connectivity index (χ1) is 16.7. The Bertz CT molecular complexity index is 1240. The molecule has 1 amide bonds. The van der Waals surface area contributed by atoms with Crippen molar-refractivity contribution in [1.29, 1.82) is 0 Å². The fraction of sp³-hybridized carbons (Fsp3) is 0.172. The van der Waals surface area contributed by atoms with E-state index in [1.165, 1.54) is 5.56 Å². The third-order valence-corrected chi connectivity index (χ3v) is 5.95.